The molecule has 4 heterocycles. The number of carbonyl (C=O) groups excluding carboxylic acids is 3. The molecule has 3 aliphatic rings. The van der Waals surface area contributed by atoms with E-state index in [1.165, 1.54) is 12.1 Å². The Morgan fingerprint density at radius 1 is 0.980 bits per heavy atom. The SMILES string of the molecule is CCNC(=O)c1nc2c(cc1Cc1ccc(F)cc1)N(C(=O)CN1C[C@@H](C)N(C(=O)OC(C)(C)C)C[C@@H]1CN1[C@H](C)COC[C@H]1C)[C@@H](C)CO2. The summed E-state index contributed by atoms with van der Waals surface area (Å²) in [5.41, 5.74) is 1.47. The summed E-state index contributed by atoms with van der Waals surface area (Å²) >= 11 is 0. The van der Waals surface area contributed by atoms with Crippen LogP contribution in [0.5, 0.6) is 5.88 Å². The smallest absolute Gasteiger partial charge is 0.410 e. The van der Waals surface area contributed by atoms with Gasteiger partial charge in [-0.3, -0.25) is 19.4 Å². The Bertz CT molecular complexity index is 1520. The van der Waals surface area contributed by atoms with Gasteiger partial charge in [0, 0.05) is 50.3 Å². The van der Waals surface area contributed by atoms with Crippen LogP contribution in [0.1, 0.15) is 77.0 Å². The number of carbonyl (C=O) groups is 3. The van der Waals surface area contributed by atoms with E-state index >= 15 is 0 Å². The van der Waals surface area contributed by atoms with Crippen LogP contribution in [0.15, 0.2) is 30.3 Å². The zero-order valence-electron chi connectivity index (χ0n) is 30.7. The Hall–Kier alpha value is -3.81. The Labute approximate surface area is 295 Å². The number of nitrogens with one attached hydrogen (secondary N) is 1. The molecular weight excluding hydrogens is 643 g/mol. The van der Waals surface area contributed by atoms with Crippen molar-refractivity contribution in [2.75, 3.05) is 57.4 Å². The van der Waals surface area contributed by atoms with E-state index in [1.54, 1.807) is 21.9 Å². The number of hydrogen-bond donors (Lipinski definition) is 1. The standard InChI is InChI=1S/C37H53FN6O6/c1-9-39-34(46)33-28(14-27-10-12-29(38)13-11-27)15-31-35(40-33)49-22-26(5)44(31)32(45)19-41-16-23(2)43(36(47)50-37(6,7)8)18-30(41)17-42-24(3)20-48-21-25(42)4/h10-13,15,23-26,30H,9,14,16-22H2,1-8H3,(H,39,46)/t23-,24-,25-,26+,30+/m1/s1. The van der Waals surface area contributed by atoms with Crippen LogP contribution in [-0.2, 0) is 20.7 Å². The monoisotopic (exact) mass is 696 g/mol. The number of halogens is 1. The second kappa shape index (κ2) is 15.6. The summed E-state index contributed by atoms with van der Waals surface area (Å²) in [5, 5.41) is 2.82. The number of ether oxygens (including phenoxy) is 3. The fourth-order valence-corrected chi connectivity index (χ4v) is 7.03. The van der Waals surface area contributed by atoms with Gasteiger partial charge in [0.25, 0.3) is 5.91 Å². The summed E-state index contributed by atoms with van der Waals surface area (Å²) in [6.45, 7) is 19.1. The second-order valence-electron chi connectivity index (χ2n) is 14.9. The van der Waals surface area contributed by atoms with Gasteiger partial charge >= 0.3 is 6.09 Å². The van der Waals surface area contributed by atoms with Crippen LogP contribution >= 0.6 is 0 Å². The van der Waals surface area contributed by atoms with Gasteiger partial charge in [-0.15, -0.1) is 0 Å². The number of rotatable bonds is 8. The van der Waals surface area contributed by atoms with E-state index in [0.717, 1.165) is 5.56 Å². The van der Waals surface area contributed by atoms with E-state index in [4.69, 9.17) is 14.2 Å². The van der Waals surface area contributed by atoms with Crippen molar-refractivity contribution in [1.82, 2.24) is 25.0 Å². The highest BCUT2D eigenvalue weighted by molar-refractivity contribution is 5.99. The van der Waals surface area contributed by atoms with E-state index in [-0.39, 0.29) is 78.7 Å². The maximum Gasteiger partial charge on any atom is 0.410 e. The van der Waals surface area contributed by atoms with Crippen molar-refractivity contribution in [2.24, 2.45) is 0 Å². The highest BCUT2D eigenvalue weighted by atomic mass is 19.1. The van der Waals surface area contributed by atoms with E-state index in [2.05, 4.69) is 33.9 Å². The first-order valence-corrected chi connectivity index (χ1v) is 17.7. The molecule has 1 aromatic heterocycles. The van der Waals surface area contributed by atoms with Crippen molar-refractivity contribution in [3.8, 4) is 5.88 Å². The molecular formula is C37H53FN6O6. The molecule has 3 amide bonds. The summed E-state index contributed by atoms with van der Waals surface area (Å²) in [6, 6.07) is 7.65. The molecule has 50 heavy (non-hydrogen) atoms. The predicted octanol–water partition coefficient (Wildman–Crippen LogP) is 4.09. The Morgan fingerprint density at radius 2 is 1.66 bits per heavy atom. The molecule has 5 atom stereocenters. The first kappa shape index (κ1) is 37.4. The third-order valence-electron chi connectivity index (χ3n) is 9.53. The molecule has 1 aromatic carbocycles. The van der Waals surface area contributed by atoms with E-state index in [0.29, 0.717) is 57.1 Å². The number of piperazine rings is 1. The summed E-state index contributed by atoms with van der Waals surface area (Å²) in [4.78, 5) is 53.7. The number of anilines is 1. The van der Waals surface area contributed by atoms with Gasteiger partial charge in [0.05, 0.1) is 25.8 Å². The average Bonchev–Trinajstić information content (AvgIpc) is 3.03. The number of pyridine rings is 1. The summed E-state index contributed by atoms with van der Waals surface area (Å²) in [5.74, 6) is -0.611. The fraction of sp³-hybridized carbons (Fsp3) is 0.622. The molecule has 13 heteroatoms. The zero-order chi connectivity index (χ0) is 36.3. The molecule has 2 aromatic rings. The predicted molar refractivity (Wildman–Crippen MR) is 188 cm³/mol. The zero-order valence-corrected chi connectivity index (χ0v) is 30.7. The molecule has 12 nitrogen and oxygen atoms in total. The minimum absolute atomic E-state index is 0.111. The number of aromatic nitrogens is 1. The maximum atomic E-state index is 14.5. The summed E-state index contributed by atoms with van der Waals surface area (Å²) in [7, 11) is 0. The quantitative estimate of drug-likeness (QED) is 0.436. The third kappa shape index (κ3) is 8.73. The molecule has 3 aliphatic heterocycles. The van der Waals surface area contributed by atoms with Gasteiger partial charge in [-0.1, -0.05) is 12.1 Å². The van der Waals surface area contributed by atoms with Crippen LogP contribution < -0.4 is 15.0 Å². The average molecular weight is 697 g/mol. The Balaban J connectivity index is 1.45. The Kier molecular flexibility index (Phi) is 11.7. The largest absolute Gasteiger partial charge is 0.474 e. The number of nitrogens with zero attached hydrogens (tertiary/aromatic N) is 5. The summed E-state index contributed by atoms with van der Waals surface area (Å²) < 4.78 is 31.3. The molecule has 1 N–H and O–H groups in total. The maximum absolute atomic E-state index is 14.5. The van der Waals surface area contributed by atoms with Gasteiger partial charge in [-0.25, -0.2) is 14.2 Å². The molecule has 5 rings (SSSR count). The minimum Gasteiger partial charge on any atom is -0.474 e. The van der Waals surface area contributed by atoms with Crippen LogP contribution in [0.4, 0.5) is 14.9 Å². The van der Waals surface area contributed by atoms with Crippen molar-refractivity contribution in [3.63, 3.8) is 0 Å². The van der Waals surface area contributed by atoms with Gasteiger partial charge in [-0.05, 0) is 91.1 Å². The molecule has 0 aliphatic carbocycles. The lowest BCUT2D eigenvalue weighted by molar-refractivity contribution is -0.123. The van der Waals surface area contributed by atoms with E-state index in [9.17, 15) is 18.8 Å². The lowest BCUT2D eigenvalue weighted by atomic mass is 10.0. The topological polar surface area (TPSA) is 117 Å². The number of morpholine rings is 1. The van der Waals surface area contributed by atoms with Crippen molar-refractivity contribution in [1.29, 1.82) is 0 Å². The van der Waals surface area contributed by atoms with Gasteiger partial charge in [0.1, 0.15) is 29.4 Å². The van der Waals surface area contributed by atoms with Crippen LogP contribution in [0.25, 0.3) is 0 Å². The van der Waals surface area contributed by atoms with E-state index in [1.807, 2.05) is 47.6 Å². The van der Waals surface area contributed by atoms with Crippen molar-refractivity contribution < 1.29 is 33.0 Å². The summed E-state index contributed by atoms with van der Waals surface area (Å²) in [6.07, 6.45) is -0.0478. The highest BCUT2D eigenvalue weighted by Gasteiger charge is 2.41. The van der Waals surface area contributed by atoms with Crippen LogP contribution in [0.3, 0.4) is 0 Å². The first-order chi connectivity index (χ1) is 23.6. The molecule has 0 unspecified atom stereocenters. The van der Waals surface area contributed by atoms with Crippen LogP contribution in [0.2, 0.25) is 0 Å². The van der Waals surface area contributed by atoms with E-state index < -0.39 is 5.60 Å². The van der Waals surface area contributed by atoms with Crippen molar-refractivity contribution in [3.05, 3.63) is 53.0 Å². The van der Waals surface area contributed by atoms with Gasteiger partial charge in [0.2, 0.25) is 11.8 Å². The number of benzene rings is 1. The van der Waals surface area contributed by atoms with Gasteiger partial charge < -0.3 is 29.3 Å². The molecule has 274 valence electrons. The normalized spacial score (nSPS) is 24.7. The second-order valence-corrected chi connectivity index (χ2v) is 14.9. The van der Waals surface area contributed by atoms with Crippen LogP contribution in [-0.4, -0.2) is 126 Å². The molecule has 0 radical (unpaired) electrons. The molecule has 0 bridgehead atoms. The van der Waals surface area contributed by atoms with Gasteiger partial charge in [0.15, 0.2) is 0 Å². The molecule has 2 fully saturated rings. The third-order valence-corrected chi connectivity index (χ3v) is 9.53. The first-order valence-electron chi connectivity index (χ1n) is 17.7. The van der Waals surface area contributed by atoms with Crippen molar-refractivity contribution in [2.45, 2.75) is 97.6 Å². The number of fused-ring (bicyclic) bond motifs is 1. The lowest BCUT2D eigenvalue weighted by Gasteiger charge is -2.49. The molecule has 0 saturated carbocycles. The highest BCUT2D eigenvalue weighted by Crippen LogP contribution is 2.35. The van der Waals surface area contributed by atoms with Crippen LogP contribution in [0, 0.1) is 5.82 Å². The lowest BCUT2D eigenvalue weighted by Crippen LogP contribution is -2.65. The number of amides is 3. The molecule has 0 spiro atoms. The Morgan fingerprint density at radius 3 is 2.30 bits per heavy atom. The van der Waals surface area contributed by atoms with Gasteiger partial charge in [-0.2, -0.15) is 0 Å². The fourth-order valence-electron chi connectivity index (χ4n) is 7.03. The van der Waals surface area contributed by atoms with Crippen molar-refractivity contribution >= 4 is 23.6 Å². The number of hydrogen-bond acceptors (Lipinski definition) is 9. The minimum atomic E-state index is -0.632. The molecule has 2 saturated heterocycles.